The standard InChI is InChI=1S/C16H25N3O/c1-2-15-17-11-14(12-18-15)13-19-8-3-5-16(7-9-19)6-4-10-20-16/h11-12H,2-10,13H2,1H3/t16-/m1/s1. The van der Waals surface area contributed by atoms with Gasteiger partial charge in [0, 0.05) is 44.1 Å². The molecule has 2 fully saturated rings. The predicted molar refractivity (Wildman–Crippen MR) is 78.5 cm³/mol. The molecule has 0 bridgehead atoms. The Labute approximate surface area is 121 Å². The van der Waals surface area contributed by atoms with Crippen LogP contribution in [0, 0.1) is 0 Å². The Morgan fingerprint density at radius 1 is 1.15 bits per heavy atom. The van der Waals surface area contributed by atoms with Crippen LogP contribution in [0.3, 0.4) is 0 Å². The van der Waals surface area contributed by atoms with Crippen molar-refractivity contribution in [3.05, 3.63) is 23.8 Å². The van der Waals surface area contributed by atoms with Crippen molar-refractivity contribution < 1.29 is 4.74 Å². The second-order valence-corrected chi connectivity index (χ2v) is 6.13. The van der Waals surface area contributed by atoms with Gasteiger partial charge in [0.15, 0.2) is 0 Å². The molecule has 1 aromatic rings. The molecular formula is C16H25N3O. The van der Waals surface area contributed by atoms with E-state index >= 15 is 0 Å². The molecule has 3 heterocycles. The average molecular weight is 275 g/mol. The summed E-state index contributed by atoms with van der Waals surface area (Å²) in [5.74, 6) is 0.933. The van der Waals surface area contributed by atoms with Crippen LogP contribution in [-0.2, 0) is 17.7 Å². The average Bonchev–Trinajstić information content (AvgIpc) is 2.85. The Hall–Kier alpha value is -1.00. The fourth-order valence-corrected chi connectivity index (χ4v) is 3.44. The number of hydrogen-bond acceptors (Lipinski definition) is 4. The lowest BCUT2D eigenvalue weighted by Gasteiger charge is -2.27. The minimum absolute atomic E-state index is 0.206. The van der Waals surface area contributed by atoms with E-state index in [2.05, 4.69) is 21.8 Å². The second-order valence-electron chi connectivity index (χ2n) is 6.13. The van der Waals surface area contributed by atoms with Crippen LogP contribution in [0.4, 0.5) is 0 Å². The SMILES string of the molecule is CCc1ncc(CN2CCC[C@@]3(CCCO3)CC2)cn1. The molecule has 110 valence electrons. The van der Waals surface area contributed by atoms with Gasteiger partial charge in [0.2, 0.25) is 0 Å². The smallest absolute Gasteiger partial charge is 0.127 e. The largest absolute Gasteiger partial charge is 0.375 e. The molecule has 1 atom stereocenters. The number of likely N-dealkylation sites (tertiary alicyclic amines) is 1. The molecule has 1 spiro atoms. The monoisotopic (exact) mass is 275 g/mol. The van der Waals surface area contributed by atoms with Crippen molar-refractivity contribution in [2.45, 2.75) is 57.6 Å². The van der Waals surface area contributed by atoms with Gasteiger partial charge in [-0.25, -0.2) is 9.97 Å². The summed E-state index contributed by atoms with van der Waals surface area (Å²) >= 11 is 0. The van der Waals surface area contributed by atoms with E-state index in [1.165, 1.54) is 44.2 Å². The summed E-state index contributed by atoms with van der Waals surface area (Å²) in [4.78, 5) is 11.3. The van der Waals surface area contributed by atoms with E-state index in [0.717, 1.165) is 31.9 Å². The lowest BCUT2D eigenvalue weighted by Crippen LogP contribution is -2.30. The van der Waals surface area contributed by atoms with Crippen molar-refractivity contribution in [3.8, 4) is 0 Å². The molecule has 0 radical (unpaired) electrons. The summed E-state index contributed by atoms with van der Waals surface area (Å²) in [6.07, 6.45) is 11.0. The quantitative estimate of drug-likeness (QED) is 0.850. The molecule has 2 saturated heterocycles. The van der Waals surface area contributed by atoms with Gasteiger partial charge in [-0.1, -0.05) is 6.92 Å². The van der Waals surface area contributed by atoms with E-state index in [1.54, 1.807) is 0 Å². The third-order valence-electron chi connectivity index (χ3n) is 4.66. The molecule has 0 aromatic carbocycles. The van der Waals surface area contributed by atoms with E-state index in [4.69, 9.17) is 4.74 Å². The third-order valence-corrected chi connectivity index (χ3v) is 4.66. The number of rotatable bonds is 3. The van der Waals surface area contributed by atoms with Gasteiger partial charge in [-0.2, -0.15) is 0 Å². The van der Waals surface area contributed by atoms with Crippen molar-refractivity contribution in [2.24, 2.45) is 0 Å². The summed E-state index contributed by atoms with van der Waals surface area (Å²) in [5, 5.41) is 0. The van der Waals surface area contributed by atoms with Crippen LogP contribution in [0.15, 0.2) is 12.4 Å². The first-order valence-corrected chi connectivity index (χ1v) is 7.96. The molecule has 4 nitrogen and oxygen atoms in total. The summed E-state index contributed by atoms with van der Waals surface area (Å²) in [6, 6.07) is 0. The Kier molecular flexibility index (Phi) is 4.32. The lowest BCUT2D eigenvalue weighted by atomic mass is 9.92. The van der Waals surface area contributed by atoms with E-state index in [9.17, 15) is 0 Å². The van der Waals surface area contributed by atoms with Crippen molar-refractivity contribution in [2.75, 3.05) is 19.7 Å². The minimum Gasteiger partial charge on any atom is -0.375 e. The highest BCUT2D eigenvalue weighted by Crippen LogP contribution is 2.35. The summed E-state index contributed by atoms with van der Waals surface area (Å²) in [6.45, 7) is 6.33. The van der Waals surface area contributed by atoms with Gasteiger partial charge >= 0.3 is 0 Å². The van der Waals surface area contributed by atoms with Crippen LogP contribution in [0.1, 0.15) is 50.4 Å². The molecule has 0 amide bonds. The number of nitrogens with zero attached hydrogens (tertiary/aromatic N) is 3. The van der Waals surface area contributed by atoms with E-state index in [-0.39, 0.29) is 5.60 Å². The van der Waals surface area contributed by atoms with Crippen LogP contribution in [0.25, 0.3) is 0 Å². The van der Waals surface area contributed by atoms with Crippen LogP contribution >= 0.6 is 0 Å². The van der Waals surface area contributed by atoms with E-state index in [1.807, 2.05) is 12.4 Å². The third kappa shape index (κ3) is 3.18. The van der Waals surface area contributed by atoms with Gasteiger partial charge in [0.1, 0.15) is 5.82 Å². The number of hydrogen-bond donors (Lipinski definition) is 0. The predicted octanol–water partition coefficient (Wildman–Crippen LogP) is 2.57. The number of aryl methyl sites for hydroxylation is 1. The van der Waals surface area contributed by atoms with Crippen molar-refractivity contribution in [1.82, 2.24) is 14.9 Å². The van der Waals surface area contributed by atoms with Gasteiger partial charge < -0.3 is 4.74 Å². The number of ether oxygens (including phenoxy) is 1. The maximum Gasteiger partial charge on any atom is 0.127 e. The zero-order valence-corrected chi connectivity index (χ0v) is 12.5. The Morgan fingerprint density at radius 2 is 1.95 bits per heavy atom. The fraction of sp³-hybridized carbons (Fsp3) is 0.750. The summed E-state index contributed by atoms with van der Waals surface area (Å²) < 4.78 is 6.04. The molecule has 3 rings (SSSR count). The van der Waals surface area contributed by atoms with Crippen LogP contribution in [0.2, 0.25) is 0 Å². The summed E-state index contributed by atoms with van der Waals surface area (Å²) in [5.41, 5.74) is 1.43. The van der Waals surface area contributed by atoms with Crippen LogP contribution in [-0.4, -0.2) is 40.2 Å². The molecule has 0 saturated carbocycles. The first-order chi connectivity index (χ1) is 9.80. The van der Waals surface area contributed by atoms with Crippen molar-refractivity contribution in [1.29, 1.82) is 0 Å². The maximum atomic E-state index is 6.04. The minimum atomic E-state index is 0.206. The molecule has 20 heavy (non-hydrogen) atoms. The van der Waals surface area contributed by atoms with Gasteiger partial charge in [0.05, 0.1) is 5.60 Å². The first-order valence-electron chi connectivity index (χ1n) is 7.96. The highest BCUT2D eigenvalue weighted by atomic mass is 16.5. The Morgan fingerprint density at radius 3 is 2.65 bits per heavy atom. The van der Waals surface area contributed by atoms with Gasteiger partial charge in [-0.15, -0.1) is 0 Å². The van der Waals surface area contributed by atoms with Gasteiger partial charge in [-0.3, -0.25) is 4.90 Å². The number of aromatic nitrogens is 2. The van der Waals surface area contributed by atoms with Crippen molar-refractivity contribution in [3.63, 3.8) is 0 Å². The highest BCUT2D eigenvalue weighted by molar-refractivity contribution is 5.05. The molecule has 0 unspecified atom stereocenters. The second kappa shape index (κ2) is 6.19. The van der Waals surface area contributed by atoms with E-state index < -0.39 is 0 Å². The van der Waals surface area contributed by atoms with Gasteiger partial charge in [-0.05, 0) is 38.6 Å². The topological polar surface area (TPSA) is 38.2 Å². The molecule has 2 aliphatic heterocycles. The molecule has 0 aliphatic carbocycles. The zero-order chi connectivity index (χ0) is 13.8. The Bertz CT molecular complexity index is 426. The lowest BCUT2D eigenvalue weighted by molar-refractivity contribution is -0.00737. The molecular weight excluding hydrogens is 250 g/mol. The normalized spacial score (nSPS) is 27.9. The fourth-order valence-electron chi connectivity index (χ4n) is 3.44. The zero-order valence-electron chi connectivity index (χ0n) is 12.5. The van der Waals surface area contributed by atoms with Crippen LogP contribution in [0.5, 0.6) is 0 Å². The molecule has 4 heteroatoms. The maximum absolute atomic E-state index is 6.04. The first kappa shape index (κ1) is 14.0. The highest BCUT2D eigenvalue weighted by Gasteiger charge is 2.36. The molecule has 1 aromatic heterocycles. The Balaban J connectivity index is 1.57. The van der Waals surface area contributed by atoms with E-state index in [0.29, 0.717) is 0 Å². The summed E-state index contributed by atoms with van der Waals surface area (Å²) in [7, 11) is 0. The van der Waals surface area contributed by atoms with Gasteiger partial charge in [0.25, 0.3) is 0 Å². The van der Waals surface area contributed by atoms with Crippen molar-refractivity contribution >= 4 is 0 Å². The van der Waals surface area contributed by atoms with Crippen LogP contribution < -0.4 is 0 Å². The molecule has 2 aliphatic rings. The molecule has 0 N–H and O–H groups in total.